The van der Waals surface area contributed by atoms with Gasteiger partial charge in [0.15, 0.2) is 0 Å². The zero-order chi connectivity index (χ0) is 13.3. The standard InChI is InChI=1S/C12H11BrN2O3/c1-7-2-3-9(13)8(4-7)12(18)15-5-10(16)14-11(17)6-15/h2-4H,5-6H2,1H3,(H,14,16,17). The van der Waals surface area contributed by atoms with Crippen molar-refractivity contribution in [1.29, 1.82) is 0 Å². The summed E-state index contributed by atoms with van der Waals surface area (Å²) in [7, 11) is 0. The smallest absolute Gasteiger partial charge is 0.255 e. The normalized spacial score (nSPS) is 15.6. The molecule has 1 N–H and O–H groups in total. The molecule has 1 aromatic rings. The van der Waals surface area contributed by atoms with E-state index in [1.54, 1.807) is 12.1 Å². The Balaban J connectivity index is 2.28. The lowest BCUT2D eigenvalue weighted by Gasteiger charge is -2.25. The lowest BCUT2D eigenvalue weighted by Crippen LogP contribution is -2.53. The fraction of sp³-hybridized carbons (Fsp3) is 0.250. The first kappa shape index (κ1) is 12.8. The molecule has 1 aliphatic rings. The maximum atomic E-state index is 12.2. The number of rotatable bonds is 1. The molecule has 0 spiro atoms. The summed E-state index contributed by atoms with van der Waals surface area (Å²) >= 11 is 3.29. The van der Waals surface area contributed by atoms with Gasteiger partial charge in [-0.15, -0.1) is 0 Å². The number of nitrogens with one attached hydrogen (secondary N) is 1. The van der Waals surface area contributed by atoms with Crippen LogP contribution in [0.15, 0.2) is 22.7 Å². The number of piperazine rings is 1. The molecule has 1 fully saturated rings. The molecule has 0 radical (unpaired) electrons. The molecule has 94 valence electrons. The number of carbonyl (C=O) groups excluding carboxylic acids is 3. The first-order valence-corrected chi connectivity index (χ1v) is 6.15. The summed E-state index contributed by atoms with van der Waals surface area (Å²) in [4.78, 5) is 35.9. The van der Waals surface area contributed by atoms with Crippen LogP contribution in [0.1, 0.15) is 15.9 Å². The van der Waals surface area contributed by atoms with Crippen molar-refractivity contribution in [2.75, 3.05) is 13.1 Å². The minimum atomic E-state index is -0.455. The molecule has 5 nitrogen and oxygen atoms in total. The average Bonchev–Trinajstić information content (AvgIpc) is 2.30. The Kier molecular flexibility index (Phi) is 3.47. The minimum Gasteiger partial charge on any atom is -0.320 e. The van der Waals surface area contributed by atoms with Crippen LogP contribution >= 0.6 is 15.9 Å². The molecular formula is C12H11BrN2O3. The van der Waals surface area contributed by atoms with Crippen molar-refractivity contribution in [3.63, 3.8) is 0 Å². The Labute approximate surface area is 112 Å². The maximum absolute atomic E-state index is 12.2. The lowest BCUT2D eigenvalue weighted by molar-refractivity contribution is -0.135. The highest BCUT2D eigenvalue weighted by atomic mass is 79.9. The van der Waals surface area contributed by atoms with E-state index in [1.165, 1.54) is 4.90 Å². The second-order valence-electron chi connectivity index (χ2n) is 4.12. The Morgan fingerprint density at radius 3 is 2.50 bits per heavy atom. The van der Waals surface area contributed by atoms with E-state index >= 15 is 0 Å². The molecule has 0 bridgehead atoms. The largest absolute Gasteiger partial charge is 0.320 e. The zero-order valence-corrected chi connectivity index (χ0v) is 11.3. The highest BCUT2D eigenvalue weighted by molar-refractivity contribution is 9.10. The molecule has 1 saturated heterocycles. The van der Waals surface area contributed by atoms with Crippen LogP contribution in [0, 0.1) is 6.92 Å². The number of aryl methyl sites for hydroxylation is 1. The van der Waals surface area contributed by atoms with E-state index < -0.39 is 11.8 Å². The molecule has 1 aliphatic heterocycles. The average molecular weight is 311 g/mol. The van der Waals surface area contributed by atoms with Gasteiger partial charge in [-0.25, -0.2) is 0 Å². The second kappa shape index (κ2) is 4.89. The summed E-state index contributed by atoms with van der Waals surface area (Å²) in [6.07, 6.45) is 0. The number of hydrogen-bond acceptors (Lipinski definition) is 3. The third-order valence-electron chi connectivity index (χ3n) is 2.59. The Morgan fingerprint density at radius 1 is 1.28 bits per heavy atom. The molecule has 6 heteroatoms. The van der Waals surface area contributed by atoms with Gasteiger partial charge in [0.2, 0.25) is 11.8 Å². The number of carbonyl (C=O) groups is 3. The van der Waals surface area contributed by atoms with Gasteiger partial charge in [-0.2, -0.15) is 0 Å². The van der Waals surface area contributed by atoms with Crippen molar-refractivity contribution in [1.82, 2.24) is 10.2 Å². The Morgan fingerprint density at radius 2 is 1.89 bits per heavy atom. The van der Waals surface area contributed by atoms with E-state index in [0.29, 0.717) is 10.0 Å². The van der Waals surface area contributed by atoms with Crippen molar-refractivity contribution >= 4 is 33.7 Å². The number of amides is 3. The van der Waals surface area contributed by atoms with Gasteiger partial charge in [-0.3, -0.25) is 19.7 Å². The van der Waals surface area contributed by atoms with Crippen LogP contribution in [0.2, 0.25) is 0 Å². The highest BCUT2D eigenvalue weighted by Gasteiger charge is 2.27. The molecular weight excluding hydrogens is 300 g/mol. The summed E-state index contributed by atoms with van der Waals surface area (Å²) in [5.41, 5.74) is 1.40. The quantitative estimate of drug-likeness (QED) is 0.782. The van der Waals surface area contributed by atoms with Crippen LogP contribution in [-0.4, -0.2) is 35.7 Å². The minimum absolute atomic E-state index is 0.0923. The Bertz CT molecular complexity index is 526. The predicted molar refractivity (Wildman–Crippen MR) is 67.9 cm³/mol. The molecule has 0 saturated carbocycles. The van der Waals surface area contributed by atoms with Gasteiger partial charge in [0.05, 0.1) is 5.56 Å². The highest BCUT2D eigenvalue weighted by Crippen LogP contribution is 2.20. The molecule has 0 aliphatic carbocycles. The van der Waals surface area contributed by atoms with Crippen LogP contribution in [0.3, 0.4) is 0 Å². The van der Waals surface area contributed by atoms with Crippen LogP contribution in [0.5, 0.6) is 0 Å². The van der Waals surface area contributed by atoms with E-state index in [9.17, 15) is 14.4 Å². The third kappa shape index (κ3) is 2.59. The fourth-order valence-electron chi connectivity index (χ4n) is 1.75. The van der Waals surface area contributed by atoms with E-state index in [4.69, 9.17) is 0 Å². The van der Waals surface area contributed by atoms with Crippen molar-refractivity contribution in [3.05, 3.63) is 33.8 Å². The Hall–Kier alpha value is -1.69. The lowest BCUT2D eigenvalue weighted by atomic mass is 10.1. The summed E-state index contributed by atoms with van der Waals surface area (Å²) in [6.45, 7) is 1.69. The van der Waals surface area contributed by atoms with Gasteiger partial charge in [-0.05, 0) is 35.0 Å². The number of nitrogens with zero attached hydrogens (tertiary/aromatic N) is 1. The summed E-state index contributed by atoms with van der Waals surface area (Å²) in [5, 5.41) is 2.16. The van der Waals surface area contributed by atoms with Crippen LogP contribution < -0.4 is 5.32 Å². The molecule has 2 rings (SSSR count). The van der Waals surface area contributed by atoms with Crippen LogP contribution in [0.25, 0.3) is 0 Å². The zero-order valence-electron chi connectivity index (χ0n) is 9.70. The number of benzene rings is 1. The molecule has 1 aromatic carbocycles. The first-order valence-electron chi connectivity index (χ1n) is 5.35. The second-order valence-corrected chi connectivity index (χ2v) is 4.97. The molecule has 3 amide bonds. The third-order valence-corrected chi connectivity index (χ3v) is 3.28. The van der Waals surface area contributed by atoms with Crippen molar-refractivity contribution < 1.29 is 14.4 Å². The van der Waals surface area contributed by atoms with Crippen molar-refractivity contribution in [2.24, 2.45) is 0 Å². The van der Waals surface area contributed by atoms with Crippen LogP contribution in [-0.2, 0) is 9.59 Å². The first-order chi connectivity index (χ1) is 8.47. The van der Waals surface area contributed by atoms with Gasteiger partial charge in [0.25, 0.3) is 5.91 Å². The summed E-state index contributed by atoms with van der Waals surface area (Å²) < 4.78 is 0.650. The fourth-order valence-corrected chi connectivity index (χ4v) is 2.17. The van der Waals surface area contributed by atoms with Gasteiger partial charge in [0, 0.05) is 4.47 Å². The topological polar surface area (TPSA) is 66.5 Å². The monoisotopic (exact) mass is 310 g/mol. The van der Waals surface area contributed by atoms with E-state index in [1.807, 2.05) is 13.0 Å². The van der Waals surface area contributed by atoms with Crippen molar-refractivity contribution in [2.45, 2.75) is 6.92 Å². The van der Waals surface area contributed by atoms with Crippen molar-refractivity contribution in [3.8, 4) is 0 Å². The summed E-state index contributed by atoms with van der Waals surface area (Å²) in [5.74, 6) is -1.24. The van der Waals surface area contributed by atoms with E-state index in [0.717, 1.165) is 5.56 Å². The van der Waals surface area contributed by atoms with Crippen LogP contribution in [0.4, 0.5) is 0 Å². The van der Waals surface area contributed by atoms with Gasteiger partial charge in [0.1, 0.15) is 13.1 Å². The molecule has 1 heterocycles. The summed E-state index contributed by atoms with van der Waals surface area (Å²) in [6, 6.07) is 5.37. The maximum Gasteiger partial charge on any atom is 0.255 e. The number of hydrogen-bond donors (Lipinski definition) is 1. The molecule has 0 unspecified atom stereocenters. The van der Waals surface area contributed by atoms with E-state index in [2.05, 4.69) is 21.2 Å². The van der Waals surface area contributed by atoms with E-state index in [-0.39, 0.29) is 19.0 Å². The molecule has 18 heavy (non-hydrogen) atoms. The van der Waals surface area contributed by atoms with Gasteiger partial charge >= 0.3 is 0 Å². The number of halogens is 1. The molecule has 0 atom stereocenters. The SMILES string of the molecule is Cc1ccc(Br)c(C(=O)N2CC(=O)NC(=O)C2)c1. The predicted octanol–water partition coefficient (Wildman–Crippen LogP) is 0.856. The van der Waals surface area contributed by atoms with Gasteiger partial charge < -0.3 is 4.90 Å². The molecule has 0 aromatic heterocycles. The number of imide groups is 1. The van der Waals surface area contributed by atoms with Gasteiger partial charge in [-0.1, -0.05) is 11.6 Å².